The van der Waals surface area contributed by atoms with Gasteiger partial charge in [0.1, 0.15) is 0 Å². The minimum absolute atomic E-state index is 0. The Kier molecular flexibility index (Phi) is 5.18. The van der Waals surface area contributed by atoms with Gasteiger partial charge in [-0.1, -0.05) is 30.3 Å². The van der Waals surface area contributed by atoms with Gasteiger partial charge in [0, 0.05) is 0 Å². The molecule has 0 radical (unpaired) electrons. The Labute approximate surface area is 87.2 Å². The van der Waals surface area contributed by atoms with Crippen molar-refractivity contribution in [3.05, 3.63) is 35.9 Å². The molecule has 0 saturated carbocycles. The normalized spacial score (nSPS) is 13.7. The van der Waals surface area contributed by atoms with Gasteiger partial charge in [-0.25, -0.2) is 4.57 Å². The summed E-state index contributed by atoms with van der Waals surface area (Å²) < 4.78 is 15.5. The van der Waals surface area contributed by atoms with E-state index in [1.807, 2.05) is 0 Å². The van der Waals surface area contributed by atoms with Gasteiger partial charge in [0.2, 0.25) is 0 Å². The van der Waals surface area contributed by atoms with Crippen LogP contribution in [0.4, 0.5) is 4.79 Å². The zero-order valence-corrected chi connectivity index (χ0v) is 8.89. The highest BCUT2D eigenvalue weighted by Crippen LogP contribution is 2.42. The van der Waals surface area contributed by atoms with Crippen LogP contribution in [0.25, 0.3) is 0 Å². The summed E-state index contributed by atoms with van der Waals surface area (Å²) in [6, 6.07) is 8.73. The van der Waals surface area contributed by atoms with Gasteiger partial charge in [0.25, 0.3) is 0 Å². The van der Waals surface area contributed by atoms with Crippen molar-refractivity contribution in [3.8, 4) is 0 Å². The molecule has 1 aromatic rings. The predicted molar refractivity (Wildman–Crippen MR) is 55.7 cm³/mol. The van der Waals surface area contributed by atoms with Gasteiger partial charge in [-0.2, -0.15) is 0 Å². The van der Waals surface area contributed by atoms with E-state index in [2.05, 4.69) is 10.3 Å². The molecule has 0 heterocycles. The van der Waals surface area contributed by atoms with E-state index in [1.165, 1.54) is 0 Å². The highest BCUT2D eigenvalue weighted by Gasteiger charge is 2.27. The molecule has 1 atom stereocenters. The second-order valence-electron chi connectivity index (χ2n) is 2.62. The number of benzene rings is 1. The van der Waals surface area contributed by atoms with E-state index >= 15 is 0 Å². The molecule has 0 aromatic heterocycles. The van der Waals surface area contributed by atoms with Crippen molar-refractivity contribution in [1.29, 1.82) is 0 Å². The van der Waals surface area contributed by atoms with Crippen LogP contribution in [0.5, 0.6) is 0 Å². The molecule has 0 aliphatic rings. The predicted octanol–water partition coefficient (Wildman–Crippen LogP) is 1.63. The summed E-state index contributed by atoms with van der Waals surface area (Å²) in [6.07, 6.45) is 0. The van der Waals surface area contributed by atoms with Crippen LogP contribution >= 0.6 is 7.60 Å². The molecule has 0 saturated heterocycles. The lowest BCUT2D eigenvalue weighted by Crippen LogP contribution is -2.10. The largest absolute Gasteiger partial charge is 0.415 e. The maximum Gasteiger partial charge on any atom is 0.415 e. The number of rotatable bonds is 4. The van der Waals surface area contributed by atoms with Gasteiger partial charge in [0.15, 0.2) is 0 Å². The average molecular weight is 232 g/mol. The molecule has 15 heavy (non-hydrogen) atoms. The zero-order chi connectivity index (χ0) is 10.6. The molecule has 0 aliphatic heterocycles. The fourth-order valence-electron chi connectivity index (χ4n) is 0.800. The topological polar surface area (TPSA) is 125 Å². The molecular weight excluding hydrogens is 219 g/mol. The monoisotopic (exact) mass is 232 g/mol. The lowest BCUT2D eigenvalue weighted by molar-refractivity contribution is 0.230. The van der Waals surface area contributed by atoms with Gasteiger partial charge < -0.3 is 16.8 Å². The lowest BCUT2D eigenvalue weighted by Gasteiger charge is -2.07. The van der Waals surface area contributed by atoms with Gasteiger partial charge >= 0.3 is 13.2 Å². The number of primary amides is 1. The summed E-state index contributed by atoms with van der Waals surface area (Å²) in [5, 5.41) is 0. The first-order chi connectivity index (χ1) is 6.52. The van der Waals surface area contributed by atoms with Gasteiger partial charge in [-0.05, 0) is 5.56 Å². The van der Waals surface area contributed by atoms with Crippen molar-refractivity contribution in [3.63, 3.8) is 0 Å². The Balaban J connectivity index is 0.00000196. The summed E-state index contributed by atoms with van der Waals surface area (Å²) in [4.78, 5) is 19.3. The molecule has 0 bridgehead atoms. The molecule has 7 heteroatoms. The quantitative estimate of drug-likeness (QED) is 0.680. The second kappa shape index (κ2) is 5.63. The SMILES string of the molecule is N.NC(=O)P(=O)(O)OCc1ccccc1. The Morgan fingerprint density at radius 2 is 1.93 bits per heavy atom. The summed E-state index contributed by atoms with van der Waals surface area (Å²) >= 11 is 0. The number of nitrogens with two attached hydrogens (primary N) is 1. The summed E-state index contributed by atoms with van der Waals surface area (Å²) in [6.45, 7) is -0.114. The maximum atomic E-state index is 10.9. The van der Waals surface area contributed by atoms with Crippen LogP contribution in [-0.4, -0.2) is 10.5 Å². The third kappa shape index (κ3) is 4.22. The Morgan fingerprint density at radius 3 is 2.40 bits per heavy atom. The van der Waals surface area contributed by atoms with E-state index in [4.69, 9.17) is 4.89 Å². The zero-order valence-electron chi connectivity index (χ0n) is 8.00. The Hall–Kier alpha value is -1.20. The fourth-order valence-corrected chi connectivity index (χ4v) is 1.25. The molecule has 6 N–H and O–H groups in total. The number of carbonyl (C=O) groups is 1. The van der Waals surface area contributed by atoms with E-state index in [0.717, 1.165) is 0 Å². The highest BCUT2D eigenvalue weighted by atomic mass is 31.2. The molecule has 1 rings (SSSR count). The van der Waals surface area contributed by atoms with E-state index in [0.29, 0.717) is 5.56 Å². The maximum absolute atomic E-state index is 10.9. The third-order valence-corrected chi connectivity index (χ3v) is 2.56. The Bertz CT molecular complexity index is 368. The van der Waals surface area contributed by atoms with Crippen molar-refractivity contribution < 1.29 is 18.8 Å². The molecule has 1 amide bonds. The van der Waals surface area contributed by atoms with Gasteiger partial charge in [-0.3, -0.25) is 9.32 Å². The van der Waals surface area contributed by atoms with Crippen molar-refractivity contribution in [2.45, 2.75) is 6.61 Å². The average Bonchev–Trinajstić information content (AvgIpc) is 2.16. The van der Waals surface area contributed by atoms with Crippen molar-refractivity contribution in [2.24, 2.45) is 5.73 Å². The van der Waals surface area contributed by atoms with Gasteiger partial charge in [0.05, 0.1) is 6.61 Å². The smallest absolute Gasteiger partial charge is 0.359 e. The summed E-state index contributed by atoms with van der Waals surface area (Å²) in [7, 11) is -4.29. The number of carbonyl (C=O) groups excluding carboxylic acids is 1. The van der Waals surface area contributed by atoms with Crippen molar-refractivity contribution in [1.82, 2.24) is 6.15 Å². The summed E-state index contributed by atoms with van der Waals surface area (Å²) in [5.41, 5.74) is 4.02. The van der Waals surface area contributed by atoms with Crippen molar-refractivity contribution in [2.75, 3.05) is 0 Å². The molecule has 1 unspecified atom stereocenters. The van der Waals surface area contributed by atoms with Crippen LogP contribution in [0.2, 0.25) is 0 Å². The second-order valence-corrected chi connectivity index (χ2v) is 4.36. The van der Waals surface area contributed by atoms with Gasteiger partial charge in [-0.15, -0.1) is 0 Å². The molecule has 0 fully saturated rings. The first-order valence-corrected chi connectivity index (χ1v) is 5.41. The fraction of sp³-hybridized carbons (Fsp3) is 0.125. The van der Waals surface area contributed by atoms with Crippen LogP contribution in [0.15, 0.2) is 30.3 Å². The standard InChI is InChI=1S/C8H10NO4P.H3N/c9-8(10)14(11,12)13-6-7-4-2-1-3-5-7;/h1-5H,6H2,(H2,9,10)(H,11,12);1H3. The number of hydrogen-bond donors (Lipinski definition) is 3. The van der Waals surface area contributed by atoms with E-state index in [9.17, 15) is 9.36 Å². The summed E-state index contributed by atoms with van der Waals surface area (Å²) in [5.74, 6) is 0. The molecule has 84 valence electrons. The first kappa shape index (κ1) is 13.8. The Morgan fingerprint density at radius 1 is 1.40 bits per heavy atom. The molecule has 1 aromatic carbocycles. The van der Waals surface area contributed by atoms with Crippen LogP contribution in [0.1, 0.15) is 5.56 Å². The molecular formula is C8H13N2O4P. The molecule has 0 aliphatic carbocycles. The van der Waals surface area contributed by atoms with Crippen molar-refractivity contribution >= 4 is 13.2 Å². The van der Waals surface area contributed by atoms with E-state index in [1.54, 1.807) is 30.3 Å². The van der Waals surface area contributed by atoms with Crippen LogP contribution < -0.4 is 11.9 Å². The highest BCUT2D eigenvalue weighted by molar-refractivity contribution is 7.70. The minimum atomic E-state index is -4.29. The van der Waals surface area contributed by atoms with Crippen LogP contribution in [0.3, 0.4) is 0 Å². The third-order valence-electron chi connectivity index (χ3n) is 1.53. The van der Waals surface area contributed by atoms with E-state index in [-0.39, 0.29) is 12.8 Å². The number of hydrogen-bond acceptors (Lipinski definition) is 4. The number of amides is 1. The van der Waals surface area contributed by atoms with Crippen LogP contribution in [0, 0.1) is 0 Å². The van der Waals surface area contributed by atoms with E-state index < -0.39 is 13.2 Å². The lowest BCUT2D eigenvalue weighted by atomic mass is 10.2. The van der Waals surface area contributed by atoms with Crippen LogP contribution in [-0.2, 0) is 15.7 Å². The first-order valence-electron chi connectivity index (χ1n) is 3.83. The molecule has 0 spiro atoms. The molecule has 6 nitrogen and oxygen atoms in total. The minimum Gasteiger partial charge on any atom is -0.359 e.